The monoisotopic (exact) mass is 112 g/mol. The van der Waals surface area contributed by atoms with E-state index in [0.717, 1.165) is 12.5 Å². The third-order valence-electron chi connectivity index (χ3n) is 0.941. The molecule has 1 N–H and O–H groups in total. The van der Waals surface area contributed by atoms with Gasteiger partial charge < -0.3 is 4.52 Å². The molecule has 0 atom stereocenters. The normalized spacial score (nSPS) is 16.8. The molecule has 8 heavy (non-hydrogen) atoms. The van der Waals surface area contributed by atoms with Gasteiger partial charge in [0.1, 0.15) is 6.67 Å². The van der Waals surface area contributed by atoms with Gasteiger partial charge in [-0.1, -0.05) is 5.10 Å². The molecule has 1 saturated heterocycles. The largest absolute Gasteiger partial charge is 0.343 e. The highest BCUT2D eigenvalue weighted by Gasteiger charge is 2.19. The summed E-state index contributed by atoms with van der Waals surface area (Å²) in [5.74, 6) is 0.741. The van der Waals surface area contributed by atoms with Crippen LogP contribution in [0.5, 0.6) is 0 Å². The molecule has 0 amide bonds. The summed E-state index contributed by atoms with van der Waals surface area (Å²) < 4.78 is 4.47. The van der Waals surface area contributed by atoms with Crippen LogP contribution >= 0.6 is 0 Å². The minimum absolute atomic E-state index is 0.741. The standard InChI is InChI=1S/C3H4N4O/c1-3(5-6-8-1)7-2-4-7/h1,4H,2H2. The minimum atomic E-state index is 0.741. The van der Waals surface area contributed by atoms with Gasteiger partial charge in [0.15, 0.2) is 6.26 Å². The van der Waals surface area contributed by atoms with Crippen LogP contribution in [-0.4, -0.2) is 17.0 Å². The summed E-state index contributed by atoms with van der Waals surface area (Å²) in [6, 6.07) is 0. The molecule has 2 heterocycles. The van der Waals surface area contributed by atoms with E-state index >= 15 is 0 Å². The van der Waals surface area contributed by atoms with E-state index in [1.807, 2.05) is 5.01 Å². The second kappa shape index (κ2) is 1.19. The van der Waals surface area contributed by atoms with Gasteiger partial charge in [0.05, 0.1) is 0 Å². The fraction of sp³-hybridized carbons (Fsp3) is 0.333. The summed E-state index contributed by atoms with van der Waals surface area (Å²) in [5, 5.41) is 8.72. The average molecular weight is 112 g/mol. The van der Waals surface area contributed by atoms with Crippen molar-refractivity contribution in [2.75, 3.05) is 11.7 Å². The maximum Gasteiger partial charge on any atom is 0.208 e. The van der Waals surface area contributed by atoms with Crippen molar-refractivity contribution in [2.24, 2.45) is 0 Å². The van der Waals surface area contributed by atoms with Crippen molar-refractivity contribution in [2.45, 2.75) is 0 Å². The third-order valence-corrected chi connectivity index (χ3v) is 0.941. The molecular weight excluding hydrogens is 108 g/mol. The summed E-state index contributed by atoms with van der Waals surface area (Å²) in [4.78, 5) is 0. The summed E-state index contributed by atoms with van der Waals surface area (Å²) >= 11 is 0. The lowest BCUT2D eigenvalue weighted by atomic mass is 10.8. The van der Waals surface area contributed by atoms with Gasteiger partial charge >= 0.3 is 0 Å². The zero-order chi connectivity index (χ0) is 5.40. The van der Waals surface area contributed by atoms with E-state index in [4.69, 9.17) is 0 Å². The van der Waals surface area contributed by atoms with Gasteiger partial charge in [-0.2, -0.15) is 0 Å². The fourth-order valence-corrected chi connectivity index (χ4v) is 0.475. The van der Waals surface area contributed by atoms with E-state index < -0.39 is 0 Å². The first-order valence-corrected chi connectivity index (χ1v) is 2.25. The van der Waals surface area contributed by atoms with Crippen LogP contribution in [0.25, 0.3) is 0 Å². The summed E-state index contributed by atoms with van der Waals surface area (Å²) in [5.41, 5.74) is 2.91. The van der Waals surface area contributed by atoms with Crippen LogP contribution in [0.4, 0.5) is 5.82 Å². The number of hydrogen-bond donors (Lipinski definition) is 1. The predicted molar refractivity (Wildman–Crippen MR) is 24.8 cm³/mol. The lowest BCUT2D eigenvalue weighted by molar-refractivity contribution is 0.393. The fourth-order valence-electron chi connectivity index (χ4n) is 0.475. The van der Waals surface area contributed by atoms with E-state index in [-0.39, 0.29) is 0 Å². The highest BCUT2D eigenvalue weighted by atomic mass is 16.5. The topological polar surface area (TPSA) is 63.9 Å². The Hall–Kier alpha value is -1.10. The highest BCUT2D eigenvalue weighted by molar-refractivity contribution is 5.35. The second-order valence-electron chi connectivity index (χ2n) is 1.51. The quantitative estimate of drug-likeness (QED) is 0.489. The Morgan fingerprint density at radius 2 is 2.75 bits per heavy atom. The number of hydrazine groups is 1. The Morgan fingerprint density at radius 3 is 3.25 bits per heavy atom. The summed E-state index contributed by atoms with van der Waals surface area (Å²) in [6.45, 7) is 0.841. The zero-order valence-corrected chi connectivity index (χ0v) is 4.03. The first-order chi connectivity index (χ1) is 3.97. The number of hydrogen-bond acceptors (Lipinski definition) is 5. The molecule has 2 rings (SSSR count). The van der Waals surface area contributed by atoms with Gasteiger partial charge in [0, 0.05) is 5.27 Å². The molecule has 0 unspecified atom stereocenters. The van der Waals surface area contributed by atoms with Crippen molar-refractivity contribution in [1.82, 2.24) is 15.8 Å². The van der Waals surface area contributed by atoms with Crippen LogP contribution < -0.4 is 10.4 Å². The van der Waals surface area contributed by atoms with E-state index in [1.54, 1.807) is 0 Å². The van der Waals surface area contributed by atoms with Gasteiger partial charge in [-0.25, -0.2) is 5.43 Å². The first-order valence-electron chi connectivity index (χ1n) is 2.25. The SMILES string of the molecule is c1onnc1N1CN1. The summed E-state index contributed by atoms with van der Waals surface area (Å²) in [7, 11) is 0. The third kappa shape index (κ3) is 0.448. The van der Waals surface area contributed by atoms with Crippen molar-refractivity contribution in [3.05, 3.63) is 6.26 Å². The van der Waals surface area contributed by atoms with E-state index in [9.17, 15) is 0 Å². The molecule has 0 aliphatic carbocycles. The van der Waals surface area contributed by atoms with E-state index in [2.05, 4.69) is 20.3 Å². The molecule has 1 aliphatic rings. The molecule has 42 valence electrons. The molecule has 0 spiro atoms. The number of nitrogens with one attached hydrogen (secondary N) is 1. The molecular formula is C3H4N4O. The van der Waals surface area contributed by atoms with Crippen LogP contribution in [0.3, 0.4) is 0 Å². The van der Waals surface area contributed by atoms with Gasteiger partial charge in [0.25, 0.3) is 0 Å². The van der Waals surface area contributed by atoms with Crippen LogP contribution in [0.15, 0.2) is 10.8 Å². The van der Waals surface area contributed by atoms with Crippen LogP contribution in [-0.2, 0) is 0 Å². The minimum Gasteiger partial charge on any atom is -0.343 e. The van der Waals surface area contributed by atoms with Crippen molar-refractivity contribution < 1.29 is 4.52 Å². The second-order valence-corrected chi connectivity index (χ2v) is 1.51. The molecule has 0 radical (unpaired) electrons. The van der Waals surface area contributed by atoms with Crippen molar-refractivity contribution >= 4 is 5.82 Å². The molecule has 1 aliphatic heterocycles. The van der Waals surface area contributed by atoms with E-state index in [1.165, 1.54) is 6.26 Å². The smallest absolute Gasteiger partial charge is 0.208 e. The molecule has 1 fully saturated rings. The summed E-state index contributed by atoms with van der Waals surface area (Å²) in [6.07, 6.45) is 1.49. The number of rotatable bonds is 1. The zero-order valence-electron chi connectivity index (χ0n) is 4.03. The van der Waals surface area contributed by atoms with Crippen LogP contribution in [0.2, 0.25) is 0 Å². The Labute approximate surface area is 45.2 Å². The van der Waals surface area contributed by atoms with Gasteiger partial charge in [-0.05, 0) is 0 Å². The number of anilines is 1. The maximum absolute atomic E-state index is 4.47. The Bertz CT molecular complexity index is 167. The molecule has 5 nitrogen and oxygen atoms in total. The Balaban J connectivity index is 2.28. The van der Waals surface area contributed by atoms with Gasteiger partial charge in [0.2, 0.25) is 5.82 Å². The number of nitrogens with zero attached hydrogens (tertiary/aromatic N) is 3. The molecule has 5 heteroatoms. The predicted octanol–water partition coefficient (Wildman–Crippen LogP) is -0.648. The highest BCUT2D eigenvalue weighted by Crippen LogP contribution is 2.09. The van der Waals surface area contributed by atoms with Gasteiger partial charge in [-0.15, -0.1) is 0 Å². The lowest BCUT2D eigenvalue weighted by Gasteiger charge is -1.83. The molecule has 0 saturated carbocycles. The van der Waals surface area contributed by atoms with Crippen LogP contribution in [0.1, 0.15) is 0 Å². The molecule has 1 aromatic rings. The van der Waals surface area contributed by atoms with Crippen molar-refractivity contribution in [3.8, 4) is 0 Å². The van der Waals surface area contributed by atoms with Crippen molar-refractivity contribution in [1.29, 1.82) is 0 Å². The molecule has 1 aromatic heterocycles. The van der Waals surface area contributed by atoms with Crippen molar-refractivity contribution in [3.63, 3.8) is 0 Å². The Morgan fingerprint density at radius 1 is 1.88 bits per heavy atom. The Kier molecular flexibility index (Phi) is 0.574. The van der Waals surface area contributed by atoms with Crippen LogP contribution in [0, 0.1) is 0 Å². The maximum atomic E-state index is 4.47. The number of aromatic nitrogens is 2. The first kappa shape index (κ1) is 3.85. The van der Waals surface area contributed by atoms with E-state index in [0.29, 0.717) is 0 Å². The van der Waals surface area contributed by atoms with Gasteiger partial charge in [-0.3, -0.25) is 5.01 Å². The molecule has 0 bridgehead atoms. The molecule has 0 aromatic carbocycles. The lowest BCUT2D eigenvalue weighted by Crippen LogP contribution is -1.94. The average Bonchev–Trinajstić information content (AvgIpc) is 2.49.